The summed E-state index contributed by atoms with van der Waals surface area (Å²) < 4.78 is 5.91. The minimum absolute atomic E-state index is 0.0579. The zero-order valence-electron chi connectivity index (χ0n) is 8.73. The third kappa shape index (κ3) is 2.55. The van der Waals surface area contributed by atoms with Gasteiger partial charge in [-0.05, 0) is 13.8 Å². The number of aromatic amines is 1. The highest BCUT2D eigenvalue weighted by Gasteiger charge is 2.14. The van der Waals surface area contributed by atoms with Crippen molar-refractivity contribution in [1.82, 2.24) is 9.55 Å². The van der Waals surface area contributed by atoms with E-state index in [1.807, 2.05) is 4.98 Å². The van der Waals surface area contributed by atoms with E-state index in [0.29, 0.717) is 0 Å². The van der Waals surface area contributed by atoms with E-state index in [1.165, 1.54) is 7.05 Å². The molecule has 0 aliphatic carbocycles. The first-order valence-electron chi connectivity index (χ1n) is 4.43. The third-order valence-corrected chi connectivity index (χ3v) is 1.72. The Hall–Kier alpha value is -1.85. The Morgan fingerprint density at radius 1 is 1.47 bits per heavy atom. The quantitative estimate of drug-likeness (QED) is 0.679. The Bertz CT molecular complexity index is 484. The number of rotatable bonds is 2. The number of nitrogens with zero attached hydrogens (tertiary/aromatic N) is 1. The van der Waals surface area contributed by atoms with Crippen LogP contribution in [0.2, 0.25) is 0 Å². The second-order valence-electron chi connectivity index (χ2n) is 3.34. The molecular formula is C9H12N2O4. The van der Waals surface area contributed by atoms with Crippen molar-refractivity contribution >= 4 is 5.97 Å². The molecule has 0 saturated heterocycles. The van der Waals surface area contributed by atoms with Crippen LogP contribution in [0.1, 0.15) is 24.3 Å². The summed E-state index contributed by atoms with van der Waals surface area (Å²) >= 11 is 0. The zero-order chi connectivity index (χ0) is 11.6. The number of esters is 1. The lowest BCUT2D eigenvalue weighted by atomic mass is 10.4. The van der Waals surface area contributed by atoms with Crippen molar-refractivity contribution in [2.24, 2.45) is 7.05 Å². The smallest absolute Gasteiger partial charge is 0.355 e. The average Bonchev–Trinajstić information content (AvgIpc) is 2.09. The highest BCUT2D eigenvalue weighted by molar-refractivity contribution is 5.87. The van der Waals surface area contributed by atoms with Crippen molar-refractivity contribution in [1.29, 1.82) is 0 Å². The number of ether oxygens (including phenoxy) is 1. The van der Waals surface area contributed by atoms with E-state index in [9.17, 15) is 14.4 Å². The number of hydrogen-bond donors (Lipinski definition) is 1. The van der Waals surface area contributed by atoms with Gasteiger partial charge in [-0.1, -0.05) is 0 Å². The van der Waals surface area contributed by atoms with Crippen LogP contribution < -0.4 is 11.2 Å². The van der Waals surface area contributed by atoms with E-state index in [1.54, 1.807) is 13.8 Å². The lowest BCUT2D eigenvalue weighted by molar-refractivity contribution is 0.0364. The second-order valence-corrected chi connectivity index (χ2v) is 3.34. The minimum Gasteiger partial charge on any atom is -0.458 e. The molecular weight excluding hydrogens is 200 g/mol. The number of carbonyl (C=O) groups is 1. The van der Waals surface area contributed by atoms with E-state index in [-0.39, 0.29) is 11.8 Å². The van der Waals surface area contributed by atoms with Gasteiger partial charge in [-0.25, -0.2) is 9.59 Å². The number of aromatic nitrogens is 2. The molecule has 0 radical (unpaired) electrons. The lowest BCUT2D eigenvalue weighted by Gasteiger charge is -2.09. The van der Waals surface area contributed by atoms with Crippen LogP contribution >= 0.6 is 0 Å². The summed E-state index contributed by atoms with van der Waals surface area (Å²) in [4.78, 5) is 35.6. The van der Waals surface area contributed by atoms with Crippen LogP contribution in [0.4, 0.5) is 0 Å². The van der Waals surface area contributed by atoms with Gasteiger partial charge in [0.25, 0.3) is 5.56 Å². The molecule has 1 rings (SSSR count). The SMILES string of the molecule is CC(C)OC(=O)c1cc(=O)[nH]c(=O)n1C. The van der Waals surface area contributed by atoms with Crippen LogP contribution in [0, 0.1) is 0 Å². The van der Waals surface area contributed by atoms with Gasteiger partial charge in [0.15, 0.2) is 0 Å². The maximum atomic E-state index is 11.4. The van der Waals surface area contributed by atoms with Crippen LogP contribution in [0.3, 0.4) is 0 Å². The molecule has 0 amide bonds. The van der Waals surface area contributed by atoms with E-state index >= 15 is 0 Å². The molecule has 1 heterocycles. The topological polar surface area (TPSA) is 81.2 Å². The molecule has 82 valence electrons. The normalized spacial score (nSPS) is 10.4. The molecule has 6 heteroatoms. The second kappa shape index (κ2) is 4.12. The highest BCUT2D eigenvalue weighted by atomic mass is 16.5. The summed E-state index contributed by atoms with van der Waals surface area (Å²) in [6.45, 7) is 3.37. The van der Waals surface area contributed by atoms with Gasteiger partial charge in [0.1, 0.15) is 5.69 Å². The molecule has 0 aliphatic heterocycles. The standard InChI is InChI=1S/C9H12N2O4/c1-5(2)15-8(13)6-4-7(12)10-9(14)11(6)3/h4-5H,1-3H3,(H,10,12,14). The predicted octanol–water partition coefficient (Wildman–Crippen LogP) is -0.361. The van der Waals surface area contributed by atoms with Gasteiger partial charge in [0.05, 0.1) is 6.10 Å². The fourth-order valence-electron chi connectivity index (χ4n) is 1.03. The Morgan fingerprint density at radius 2 is 2.07 bits per heavy atom. The van der Waals surface area contributed by atoms with Gasteiger partial charge >= 0.3 is 11.7 Å². The molecule has 0 aliphatic rings. The maximum absolute atomic E-state index is 11.4. The fourth-order valence-corrected chi connectivity index (χ4v) is 1.03. The van der Waals surface area contributed by atoms with Gasteiger partial charge in [-0.2, -0.15) is 0 Å². The van der Waals surface area contributed by atoms with E-state index in [0.717, 1.165) is 10.6 Å². The third-order valence-electron chi connectivity index (χ3n) is 1.72. The molecule has 0 unspecified atom stereocenters. The van der Waals surface area contributed by atoms with Crippen molar-refractivity contribution in [3.05, 3.63) is 32.6 Å². The molecule has 0 aromatic carbocycles. The molecule has 0 fully saturated rings. The van der Waals surface area contributed by atoms with Crippen LogP contribution in [0.5, 0.6) is 0 Å². The highest BCUT2D eigenvalue weighted by Crippen LogP contribution is 1.98. The molecule has 0 saturated carbocycles. The van der Waals surface area contributed by atoms with Gasteiger partial charge in [-0.15, -0.1) is 0 Å². The Labute approximate surface area is 85.5 Å². The first-order chi connectivity index (χ1) is 6.91. The lowest BCUT2D eigenvalue weighted by Crippen LogP contribution is -2.32. The van der Waals surface area contributed by atoms with Crippen LogP contribution in [0.15, 0.2) is 15.7 Å². The van der Waals surface area contributed by atoms with Crippen LogP contribution in [0.25, 0.3) is 0 Å². The molecule has 0 spiro atoms. The molecule has 15 heavy (non-hydrogen) atoms. The van der Waals surface area contributed by atoms with Gasteiger partial charge in [0.2, 0.25) is 0 Å². The van der Waals surface area contributed by atoms with E-state index in [4.69, 9.17) is 4.74 Å². The minimum atomic E-state index is -0.685. The summed E-state index contributed by atoms with van der Waals surface area (Å²) in [6, 6.07) is 1.03. The van der Waals surface area contributed by atoms with Crippen molar-refractivity contribution in [2.75, 3.05) is 0 Å². The Balaban J connectivity index is 3.20. The number of carbonyl (C=O) groups excluding carboxylic acids is 1. The van der Waals surface area contributed by atoms with Crippen molar-refractivity contribution in [3.63, 3.8) is 0 Å². The average molecular weight is 212 g/mol. The Morgan fingerprint density at radius 3 is 2.60 bits per heavy atom. The molecule has 1 aromatic heterocycles. The monoisotopic (exact) mass is 212 g/mol. The molecule has 0 bridgehead atoms. The number of hydrogen-bond acceptors (Lipinski definition) is 4. The number of H-pyrrole nitrogens is 1. The van der Waals surface area contributed by atoms with Crippen molar-refractivity contribution in [2.45, 2.75) is 20.0 Å². The van der Waals surface area contributed by atoms with Gasteiger partial charge in [-0.3, -0.25) is 14.3 Å². The summed E-state index contributed by atoms with van der Waals surface area (Å²) in [7, 11) is 1.38. The van der Waals surface area contributed by atoms with Crippen molar-refractivity contribution in [3.8, 4) is 0 Å². The summed E-state index contributed by atoms with van der Waals surface area (Å²) in [6.07, 6.45) is -0.299. The maximum Gasteiger partial charge on any atom is 0.355 e. The first-order valence-corrected chi connectivity index (χ1v) is 4.43. The summed E-state index contributed by atoms with van der Waals surface area (Å²) in [5, 5.41) is 0. The zero-order valence-corrected chi connectivity index (χ0v) is 8.73. The van der Waals surface area contributed by atoms with Gasteiger partial charge < -0.3 is 4.74 Å². The van der Waals surface area contributed by atoms with Crippen LogP contribution in [-0.4, -0.2) is 21.6 Å². The summed E-state index contributed by atoms with van der Waals surface area (Å²) in [5.74, 6) is -0.685. The first kappa shape index (κ1) is 11.2. The summed E-state index contributed by atoms with van der Waals surface area (Å²) in [5.41, 5.74) is -1.32. The molecule has 6 nitrogen and oxygen atoms in total. The van der Waals surface area contributed by atoms with Crippen LogP contribution in [-0.2, 0) is 11.8 Å². The fraction of sp³-hybridized carbons (Fsp3) is 0.444. The largest absolute Gasteiger partial charge is 0.458 e. The van der Waals surface area contributed by atoms with Crippen molar-refractivity contribution < 1.29 is 9.53 Å². The molecule has 1 aromatic rings. The molecule has 0 atom stereocenters. The molecule has 1 N–H and O–H groups in total. The predicted molar refractivity (Wildman–Crippen MR) is 52.9 cm³/mol. The number of nitrogens with one attached hydrogen (secondary N) is 1. The van der Waals surface area contributed by atoms with E-state index in [2.05, 4.69) is 0 Å². The Kier molecular flexibility index (Phi) is 3.08. The van der Waals surface area contributed by atoms with Gasteiger partial charge in [0, 0.05) is 13.1 Å². The van der Waals surface area contributed by atoms with E-state index < -0.39 is 17.2 Å².